The second-order valence-electron chi connectivity index (χ2n) is 4.10. The maximum atomic E-state index is 4.57. The molecule has 4 heteroatoms. The van der Waals surface area contributed by atoms with Gasteiger partial charge in [-0.3, -0.25) is 4.68 Å². The summed E-state index contributed by atoms with van der Waals surface area (Å²) in [6.45, 7) is 7.15. The number of nitrogens with zero attached hydrogens (tertiary/aromatic N) is 4. The molecule has 0 atom stereocenters. The van der Waals surface area contributed by atoms with Crippen LogP contribution in [0.3, 0.4) is 0 Å². The Morgan fingerprint density at radius 3 is 2.76 bits per heavy atom. The van der Waals surface area contributed by atoms with Gasteiger partial charge in [0.15, 0.2) is 0 Å². The van der Waals surface area contributed by atoms with Crippen molar-refractivity contribution in [2.24, 2.45) is 0 Å². The van der Waals surface area contributed by atoms with E-state index in [4.69, 9.17) is 0 Å². The van der Waals surface area contributed by atoms with E-state index in [0.717, 1.165) is 42.3 Å². The fourth-order valence-corrected chi connectivity index (χ4v) is 1.86. The molecule has 4 nitrogen and oxygen atoms in total. The van der Waals surface area contributed by atoms with Crippen LogP contribution in [0.15, 0.2) is 18.3 Å². The summed E-state index contributed by atoms with van der Waals surface area (Å²) in [5.74, 6) is 0.893. The van der Waals surface area contributed by atoms with Gasteiger partial charge in [0.2, 0.25) is 0 Å². The van der Waals surface area contributed by atoms with Crippen LogP contribution in [-0.4, -0.2) is 19.7 Å². The molecule has 2 heterocycles. The summed E-state index contributed by atoms with van der Waals surface area (Å²) in [7, 11) is 0. The molecule has 0 aliphatic heterocycles. The smallest absolute Gasteiger partial charge is 0.129 e. The lowest BCUT2D eigenvalue weighted by atomic mass is 10.2. The van der Waals surface area contributed by atoms with E-state index in [1.165, 1.54) is 0 Å². The minimum atomic E-state index is 0.858. The summed E-state index contributed by atoms with van der Waals surface area (Å²) in [6.07, 6.45) is 3.75. The van der Waals surface area contributed by atoms with Gasteiger partial charge in [-0.1, -0.05) is 13.8 Å². The lowest BCUT2D eigenvalue weighted by Gasteiger charge is -2.07. The molecule has 0 saturated heterocycles. The molecule has 0 N–H and O–H groups in total. The molecule has 17 heavy (non-hydrogen) atoms. The van der Waals surface area contributed by atoms with Crippen LogP contribution in [0.5, 0.6) is 0 Å². The minimum Gasteiger partial charge on any atom is -0.263 e. The highest BCUT2D eigenvalue weighted by Crippen LogP contribution is 2.18. The van der Waals surface area contributed by atoms with Crippen molar-refractivity contribution < 1.29 is 0 Å². The molecule has 0 spiro atoms. The van der Waals surface area contributed by atoms with Crippen LogP contribution in [0.25, 0.3) is 11.4 Å². The van der Waals surface area contributed by atoms with Crippen LogP contribution in [0.2, 0.25) is 0 Å². The summed E-state index contributed by atoms with van der Waals surface area (Å²) in [6, 6.07) is 4.03. The Balaban J connectivity index is 2.44. The topological polar surface area (TPSA) is 43.6 Å². The van der Waals surface area contributed by atoms with Crippen molar-refractivity contribution in [1.82, 2.24) is 19.7 Å². The number of hydrogen-bond donors (Lipinski definition) is 0. The fraction of sp³-hybridized carbons (Fsp3) is 0.462. The number of aryl methyl sites for hydroxylation is 3. The standard InChI is InChI=1S/C13H18N4/c1-4-8-17-12(6-7-14-17)11-9-10(3)15-13(5-2)16-11/h6-7,9H,4-5,8H2,1-3H3. The van der Waals surface area contributed by atoms with E-state index in [1.807, 2.05) is 29.9 Å². The molecule has 2 aromatic heterocycles. The molecule has 0 amide bonds. The Hall–Kier alpha value is -1.71. The van der Waals surface area contributed by atoms with Crippen molar-refractivity contribution in [3.8, 4) is 11.4 Å². The van der Waals surface area contributed by atoms with Crippen LogP contribution >= 0.6 is 0 Å². The van der Waals surface area contributed by atoms with Gasteiger partial charge in [0.1, 0.15) is 5.82 Å². The Morgan fingerprint density at radius 1 is 1.24 bits per heavy atom. The van der Waals surface area contributed by atoms with E-state index in [1.54, 1.807) is 0 Å². The quantitative estimate of drug-likeness (QED) is 0.811. The maximum absolute atomic E-state index is 4.57. The average molecular weight is 230 g/mol. The van der Waals surface area contributed by atoms with Crippen LogP contribution in [-0.2, 0) is 13.0 Å². The molecule has 0 aromatic carbocycles. The Bertz CT molecular complexity index is 502. The molecular weight excluding hydrogens is 212 g/mol. The van der Waals surface area contributed by atoms with Crippen LogP contribution in [0, 0.1) is 6.92 Å². The predicted octanol–water partition coefficient (Wildman–Crippen LogP) is 2.62. The molecule has 0 radical (unpaired) electrons. The predicted molar refractivity (Wildman–Crippen MR) is 67.7 cm³/mol. The molecule has 0 aliphatic rings. The van der Waals surface area contributed by atoms with Crippen LogP contribution in [0.4, 0.5) is 0 Å². The lowest BCUT2D eigenvalue weighted by Crippen LogP contribution is -2.04. The first-order chi connectivity index (χ1) is 8.24. The molecular formula is C13H18N4. The van der Waals surface area contributed by atoms with Gasteiger partial charge in [0, 0.05) is 24.9 Å². The van der Waals surface area contributed by atoms with Crippen molar-refractivity contribution in [1.29, 1.82) is 0 Å². The normalized spacial score (nSPS) is 10.8. The first kappa shape index (κ1) is 11.8. The maximum Gasteiger partial charge on any atom is 0.129 e. The van der Waals surface area contributed by atoms with Gasteiger partial charge in [0.05, 0.1) is 11.4 Å². The van der Waals surface area contributed by atoms with Gasteiger partial charge in [-0.15, -0.1) is 0 Å². The molecule has 0 bridgehead atoms. The summed E-state index contributed by atoms with van der Waals surface area (Å²) < 4.78 is 2.00. The monoisotopic (exact) mass is 230 g/mol. The summed E-state index contributed by atoms with van der Waals surface area (Å²) >= 11 is 0. The summed E-state index contributed by atoms with van der Waals surface area (Å²) in [5, 5.41) is 4.32. The highest BCUT2D eigenvalue weighted by molar-refractivity contribution is 5.54. The second kappa shape index (κ2) is 5.08. The van der Waals surface area contributed by atoms with E-state index in [9.17, 15) is 0 Å². The van der Waals surface area contributed by atoms with Gasteiger partial charge in [0.25, 0.3) is 0 Å². The third kappa shape index (κ3) is 2.52. The summed E-state index contributed by atoms with van der Waals surface area (Å²) in [5.41, 5.74) is 3.06. The molecule has 0 aliphatic carbocycles. The van der Waals surface area contributed by atoms with Crippen molar-refractivity contribution in [2.45, 2.75) is 40.2 Å². The first-order valence-corrected chi connectivity index (χ1v) is 6.11. The number of hydrogen-bond acceptors (Lipinski definition) is 3. The highest BCUT2D eigenvalue weighted by atomic mass is 15.3. The summed E-state index contributed by atoms with van der Waals surface area (Å²) in [4.78, 5) is 8.96. The van der Waals surface area contributed by atoms with Crippen LogP contribution < -0.4 is 0 Å². The molecule has 0 fully saturated rings. The highest BCUT2D eigenvalue weighted by Gasteiger charge is 2.08. The minimum absolute atomic E-state index is 0.858. The SMILES string of the molecule is CCCn1nccc1-c1cc(C)nc(CC)n1. The Morgan fingerprint density at radius 2 is 2.06 bits per heavy atom. The molecule has 90 valence electrons. The number of aromatic nitrogens is 4. The largest absolute Gasteiger partial charge is 0.263 e. The van der Waals surface area contributed by atoms with Gasteiger partial charge in [-0.25, -0.2) is 9.97 Å². The van der Waals surface area contributed by atoms with E-state index in [2.05, 4.69) is 28.9 Å². The molecule has 0 saturated carbocycles. The molecule has 2 aromatic rings. The van der Waals surface area contributed by atoms with Gasteiger partial charge < -0.3 is 0 Å². The second-order valence-corrected chi connectivity index (χ2v) is 4.10. The zero-order chi connectivity index (χ0) is 12.3. The number of rotatable bonds is 4. The van der Waals surface area contributed by atoms with E-state index in [-0.39, 0.29) is 0 Å². The average Bonchev–Trinajstić information content (AvgIpc) is 2.77. The zero-order valence-electron chi connectivity index (χ0n) is 10.6. The fourth-order valence-electron chi connectivity index (χ4n) is 1.86. The molecule has 0 unspecified atom stereocenters. The third-order valence-corrected chi connectivity index (χ3v) is 2.63. The van der Waals surface area contributed by atoms with Gasteiger partial charge >= 0.3 is 0 Å². The first-order valence-electron chi connectivity index (χ1n) is 6.11. The van der Waals surface area contributed by atoms with E-state index < -0.39 is 0 Å². The Kier molecular flexibility index (Phi) is 3.52. The third-order valence-electron chi connectivity index (χ3n) is 2.63. The zero-order valence-corrected chi connectivity index (χ0v) is 10.6. The Labute approximate surface area is 102 Å². The van der Waals surface area contributed by atoms with Crippen LogP contribution in [0.1, 0.15) is 31.8 Å². The van der Waals surface area contributed by atoms with Crippen molar-refractivity contribution in [2.75, 3.05) is 0 Å². The van der Waals surface area contributed by atoms with Gasteiger partial charge in [-0.2, -0.15) is 5.10 Å². The van der Waals surface area contributed by atoms with E-state index in [0.29, 0.717) is 0 Å². The van der Waals surface area contributed by atoms with Crippen molar-refractivity contribution >= 4 is 0 Å². The lowest BCUT2D eigenvalue weighted by molar-refractivity contribution is 0.607. The van der Waals surface area contributed by atoms with Crippen molar-refractivity contribution in [3.63, 3.8) is 0 Å². The van der Waals surface area contributed by atoms with Crippen molar-refractivity contribution in [3.05, 3.63) is 29.8 Å². The van der Waals surface area contributed by atoms with Gasteiger partial charge in [-0.05, 0) is 25.5 Å². The molecule has 2 rings (SSSR count). The van der Waals surface area contributed by atoms with E-state index >= 15 is 0 Å².